The molecule has 2 aromatic heterocycles. The van der Waals surface area contributed by atoms with Crippen LogP contribution in [0.4, 0.5) is 0 Å². The first-order valence-corrected chi connectivity index (χ1v) is 14.2. The quantitative estimate of drug-likeness (QED) is 0.185. The number of hydrogen-bond acceptors (Lipinski definition) is 0. The maximum absolute atomic E-state index is 2.51. The number of hydrogen-bond donors (Lipinski definition) is 0. The molecular formula is C35H40N2+2. The van der Waals surface area contributed by atoms with E-state index in [0.717, 1.165) is 6.54 Å². The second-order valence-corrected chi connectivity index (χ2v) is 12.1. The molecule has 6 rings (SSSR count). The molecule has 2 aliphatic carbocycles. The number of aromatic nitrogens is 2. The van der Waals surface area contributed by atoms with Crippen LogP contribution in [0.2, 0.25) is 0 Å². The topological polar surface area (TPSA) is 7.76 Å². The fourth-order valence-corrected chi connectivity index (χ4v) is 6.67. The van der Waals surface area contributed by atoms with Crippen LogP contribution in [-0.2, 0) is 17.4 Å². The molecule has 0 bridgehead atoms. The van der Waals surface area contributed by atoms with Gasteiger partial charge in [0.2, 0.25) is 5.69 Å². The Labute approximate surface area is 222 Å². The van der Waals surface area contributed by atoms with Crippen LogP contribution in [0.15, 0.2) is 79.4 Å². The Kier molecular flexibility index (Phi) is 5.82. The summed E-state index contributed by atoms with van der Waals surface area (Å²) in [6, 6.07) is 20.4. The first-order valence-electron chi connectivity index (χ1n) is 14.2. The third-order valence-corrected chi connectivity index (χ3v) is 8.98. The standard InChI is InChI=1S/C35H40N2/c1-6-7-8-9-13-18-36-19-16-26-28-21-31-29(22-30(28)34(2,3)32(26)23-36)27-17-20-37(24-33(27)35(31,4)5)25-14-11-10-12-15-25/h10-12,14-17,19-24H,6-9,13,18H2,1-5H3/q+2. The molecule has 0 aliphatic heterocycles. The summed E-state index contributed by atoms with van der Waals surface area (Å²) in [6.07, 6.45) is 15.9. The van der Waals surface area contributed by atoms with Crippen molar-refractivity contribution in [2.24, 2.45) is 0 Å². The monoisotopic (exact) mass is 488 g/mol. The SMILES string of the molecule is CCCCCCC[n+]1ccc2c(c1)C(C)(C)c1cc3c(cc1-2)C(C)(C)c1c[n+](-c2ccccc2)ccc1-3. The summed E-state index contributed by atoms with van der Waals surface area (Å²) in [6.45, 7) is 13.0. The molecule has 0 N–H and O–H groups in total. The van der Waals surface area contributed by atoms with Gasteiger partial charge in [0, 0.05) is 52.6 Å². The molecule has 2 heteroatoms. The van der Waals surface area contributed by atoms with E-state index in [9.17, 15) is 0 Å². The van der Waals surface area contributed by atoms with E-state index >= 15 is 0 Å². The van der Waals surface area contributed by atoms with Crippen molar-refractivity contribution in [1.29, 1.82) is 0 Å². The van der Waals surface area contributed by atoms with Gasteiger partial charge >= 0.3 is 0 Å². The number of aryl methyl sites for hydroxylation is 1. The molecule has 0 saturated heterocycles. The highest BCUT2D eigenvalue weighted by molar-refractivity contribution is 5.88. The van der Waals surface area contributed by atoms with Gasteiger partial charge < -0.3 is 0 Å². The highest BCUT2D eigenvalue weighted by Crippen LogP contribution is 2.55. The van der Waals surface area contributed by atoms with Crippen LogP contribution < -0.4 is 9.13 Å². The Morgan fingerprint density at radius 2 is 1.19 bits per heavy atom. The Hall–Kier alpha value is -3.26. The van der Waals surface area contributed by atoms with Crippen molar-refractivity contribution in [2.45, 2.75) is 84.1 Å². The minimum atomic E-state index is -0.0441. The zero-order chi connectivity index (χ0) is 25.8. The molecular weight excluding hydrogens is 448 g/mol. The van der Waals surface area contributed by atoms with Crippen molar-refractivity contribution in [3.63, 3.8) is 0 Å². The molecule has 0 saturated carbocycles. The third-order valence-electron chi connectivity index (χ3n) is 8.98. The smallest absolute Gasteiger partial charge is 0.205 e. The van der Waals surface area contributed by atoms with Gasteiger partial charge in [-0.15, -0.1) is 0 Å². The summed E-state index contributed by atoms with van der Waals surface area (Å²) in [4.78, 5) is 0. The minimum Gasteiger partial charge on any atom is -0.205 e. The largest absolute Gasteiger partial charge is 0.210 e. The summed E-state index contributed by atoms with van der Waals surface area (Å²) >= 11 is 0. The van der Waals surface area contributed by atoms with Crippen LogP contribution in [0.3, 0.4) is 0 Å². The minimum absolute atomic E-state index is 0.00343. The van der Waals surface area contributed by atoms with Crippen LogP contribution in [0.25, 0.3) is 27.9 Å². The lowest BCUT2D eigenvalue weighted by atomic mass is 9.79. The maximum Gasteiger partial charge on any atom is 0.210 e. The van der Waals surface area contributed by atoms with Crippen molar-refractivity contribution in [2.75, 3.05) is 0 Å². The summed E-state index contributed by atoms with van der Waals surface area (Å²) < 4.78 is 4.69. The van der Waals surface area contributed by atoms with Crippen LogP contribution in [0, 0.1) is 0 Å². The molecule has 0 fully saturated rings. The first kappa shape index (κ1) is 24.1. The fourth-order valence-electron chi connectivity index (χ4n) is 6.67. The molecule has 37 heavy (non-hydrogen) atoms. The predicted molar refractivity (Wildman–Crippen MR) is 152 cm³/mol. The van der Waals surface area contributed by atoms with Crippen molar-refractivity contribution in [3.8, 4) is 27.9 Å². The Balaban J connectivity index is 1.38. The molecule has 0 atom stereocenters. The van der Waals surface area contributed by atoms with Gasteiger partial charge in [0.15, 0.2) is 24.8 Å². The lowest BCUT2D eigenvalue weighted by molar-refractivity contribution is -0.697. The molecule has 2 heterocycles. The molecule has 0 amide bonds. The van der Waals surface area contributed by atoms with E-state index < -0.39 is 0 Å². The molecule has 2 nitrogen and oxygen atoms in total. The molecule has 4 aromatic rings. The third kappa shape index (κ3) is 3.84. The van der Waals surface area contributed by atoms with Crippen LogP contribution >= 0.6 is 0 Å². The average molecular weight is 489 g/mol. The lowest BCUT2D eigenvalue weighted by Crippen LogP contribution is -2.34. The predicted octanol–water partition coefficient (Wildman–Crippen LogP) is 7.83. The van der Waals surface area contributed by atoms with Crippen molar-refractivity contribution in [1.82, 2.24) is 0 Å². The van der Waals surface area contributed by atoms with Gasteiger partial charge in [0.05, 0.1) is 0 Å². The Morgan fingerprint density at radius 3 is 1.84 bits per heavy atom. The highest BCUT2D eigenvalue weighted by atomic mass is 14.9. The Morgan fingerprint density at radius 1 is 0.595 bits per heavy atom. The van der Waals surface area contributed by atoms with Crippen LogP contribution in [0.1, 0.15) is 89.0 Å². The fraction of sp³-hybridized carbons (Fsp3) is 0.371. The van der Waals surface area contributed by atoms with Crippen molar-refractivity contribution in [3.05, 3.63) is 102 Å². The lowest BCUT2D eigenvalue weighted by Gasteiger charge is -2.23. The van der Waals surface area contributed by atoms with Gasteiger partial charge in [0.1, 0.15) is 6.54 Å². The molecule has 0 spiro atoms. The van der Waals surface area contributed by atoms with E-state index in [0.29, 0.717) is 0 Å². The van der Waals surface area contributed by atoms with E-state index in [2.05, 4.69) is 123 Å². The first-order chi connectivity index (χ1) is 17.8. The number of benzene rings is 2. The molecule has 2 aliphatic rings. The van der Waals surface area contributed by atoms with Gasteiger partial charge in [-0.2, -0.15) is 4.57 Å². The average Bonchev–Trinajstić information content (AvgIpc) is 3.27. The summed E-state index contributed by atoms with van der Waals surface area (Å²) in [7, 11) is 0. The van der Waals surface area contributed by atoms with Crippen molar-refractivity contribution >= 4 is 0 Å². The normalized spacial score (nSPS) is 15.7. The summed E-state index contributed by atoms with van der Waals surface area (Å²) in [5.41, 5.74) is 12.6. The number of nitrogens with zero attached hydrogens (tertiary/aromatic N) is 2. The number of pyridine rings is 2. The zero-order valence-electron chi connectivity index (χ0n) is 23.1. The van der Waals surface area contributed by atoms with Gasteiger partial charge in [0.25, 0.3) is 0 Å². The molecule has 188 valence electrons. The van der Waals surface area contributed by atoms with Gasteiger partial charge in [-0.3, -0.25) is 0 Å². The number of fused-ring (bicyclic) bond motifs is 6. The molecule has 2 aromatic carbocycles. The number of unbranched alkanes of at least 4 members (excludes halogenated alkanes) is 4. The van der Waals surface area contributed by atoms with E-state index in [1.165, 1.54) is 82.3 Å². The maximum atomic E-state index is 2.51. The summed E-state index contributed by atoms with van der Waals surface area (Å²) in [5, 5.41) is 0. The van der Waals surface area contributed by atoms with E-state index in [1.807, 2.05) is 0 Å². The van der Waals surface area contributed by atoms with E-state index in [1.54, 1.807) is 0 Å². The number of rotatable bonds is 7. The van der Waals surface area contributed by atoms with Crippen molar-refractivity contribution < 1.29 is 9.13 Å². The Bertz CT molecular complexity index is 1480. The van der Waals surface area contributed by atoms with Gasteiger partial charge in [-0.25, -0.2) is 4.57 Å². The molecule has 0 radical (unpaired) electrons. The van der Waals surface area contributed by atoms with Crippen LogP contribution in [-0.4, -0.2) is 0 Å². The van der Waals surface area contributed by atoms with E-state index in [-0.39, 0.29) is 10.8 Å². The second kappa shape index (κ2) is 8.94. The zero-order valence-corrected chi connectivity index (χ0v) is 23.1. The molecule has 0 unspecified atom stereocenters. The van der Waals surface area contributed by atoms with Gasteiger partial charge in [-0.05, 0) is 51.9 Å². The van der Waals surface area contributed by atoms with Crippen LogP contribution in [0.5, 0.6) is 0 Å². The highest BCUT2D eigenvalue weighted by Gasteiger charge is 2.43. The van der Waals surface area contributed by atoms with Gasteiger partial charge in [-0.1, -0.05) is 72.1 Å². The van der Waals surface area contributed by atoms with E-state index in [4.69, 9.17) is 0 Å². The second-order valence-electron chi connectivity index (χ2n) is 12.1. The summed E-state index contributed by atoms with van der Waals surface area (Å²) in [5.74, 6) is 0. The number of para-hydroxylation sites is 1.